The van der Waals surface area contributed by atoms with Gasteiger partial charge in [0.1, 0.15) is 12.1 Å². The Morgan fingerprint density at radius 2 is 2.04 bits per heavy atom. The van der Waals surface area contributed by atoms with Crippen LogP contribution in [0.2, 0.25) is 0 Å². The number of aliphatic carboxylic acids is 1. The van der Waals surface area contributed by atoms with Crippen molar-refractivity contribution in [3.8, 4) is 0 Å². The molecule has 2 bridgehead atoms. The van der Waals surface area contributed by atoms with Crippen molar-refractivity contribution in [2.75, 3.05) is 6.54 Å². The predicted molar refractivity (Wildman–Crippen MR) is 84.8 cm³/mol. The van der Waals surface area contributed by atoms with Crippen molar-refractivity contribution in [2.24, 2.45) is 11.8 Å². The molecular weight excluding hydrogens is 294 g/mol. The Kier molecular flexibility index (Phi) is 4.28. The highest BCUT2D eigenvalue weighted by molar-refractivity contribution is 5.85. The molecular formula is C18H23NO4. The van der Waals surface area contributed by atoms with Crippen molar-refractivity contribution in [1.82, 2.24) is 4.90 Å². The summed E-state index contributed by atoms with van der Waals surface area (Å²) in [5.41, 5.74) is -0.181. The molecule has 2 aliphatic carbocycles. The van der Waals surface area contributed by atoms with E-state index >= 15 is 0 Å². The Labute approximate surface area is 136 Å². The molecule has 2 saturated carbocycles. The summed E-state index contributed by atoms with van der Waals surface area (Å²) in [6.07, 6.45) is 2.91. The smallest absolute Gasteiger partial charge is 0.411 e. The topological polar surface area (TPSA) is 66.8 Å². The highest BCUT2D eigenvalue weighted by Crippen LogP contribution is 2.53. The van der Waals surface area contributed by atoms with E-state index in [1.54, 1.807) is 0 Å². The van der Waals surface area contributed by atoms with Crippen molar-refractivity contribution < 1.29 is 19.4 Å². The van der Waals surface area contributed by atoms with Crippen LogP contribution >= 0.6 is 0 Å². The van der Waals surface area contributed by atoms with Gasteiger partial charge in [-0.2, -0.15) is 0 Å². The lowest BCUT2D eigenvalue weighted by molar-refractivity contribution is -0.154. The zero-order chi connectivity index (χ0) is 16.4. The van der Waals surface area contributed by atoms with Crippen LogP contribution < -0.4 is 0 Å². The van der Waals surface area contributed by atoms with Gasteiger partial charge in [0.05, 0.1) is 0 Å². The minimum atomic E-state index is -1.08. The second kappa shape index (κ2) is 6.22. The largest absolute Gasteiger partial charge is 0.479 e. The van der Waals surface area contributed by atoms with E-state index in [4.69, 9.17) is 4.74 Å². The average molecular weight is 317 g/mol. The van der Waals surface area contributed by atoms with Crippen LogP contribution in [-0.2, 0) is 16.1 Å². The first-order valence-electron chi connectivity index (χ1n) is 8.29. The highest BCUT2D eigenvalue weighted by atomic mass is 16.6. The second-order valence-electron chi connectivity index (χ2n) is 6.59. The van der Waals surface area contributed by atoms with Crippen molar-refractivity contribution in [3.05, 3.63) is 35.9 Å². The maximum absolute atomic E-state index is 12.6. The normalized spacial score (nSPS) is 28.6. The molecule has 3 unspecified atom stereocenters. The van der Waals surface area contributed by atoms with Crippen LogP contribution in [0.5, 0.6) is 0 Å². The van der Waals surface area contributed by atoms with Gasteiger partial charge in [0, 0.05) is 6.54 Å². The molecule has 0 heterocycles. The van der Waals surface area contributed by atoms with Gasteiger partial charge in [0.25, 0.3) is 0 Å². The first-order valence-corrected chi connectivity index (χ1v) is 8.29. The maximum atomic E-state index is 12.6. The molecule has 23 heavy (non-hydrogen) atoms. The van der Waals surface area contributed by atoms with Gasteiger partial charge in [-0.05, 0) is 50.0 Å². The van der Waals surface area contributed by atoms with Crippen LogP contribution in [0, 0.1) is 11.8 Å². The third-order valence-electron chi connectivity index (χ3n) is 5.41. The van der Waals surface area contributed by atoms with Gasteiger partial charge >= 0.3 is 12.1 Å². The van der Waals surface area contributed by atoms with Gasteiger partial charge in [-0.1, -0.05) is 30.3 Å². The Balaban J connectivity index is 1.75. The molecule has 0 aliphatic heterocycles. The number of carbonyl (C=O) groups is 2. The molecule has 0 aromatic heterocycles. The Hall–Kier alpha value is -2.04. The van der Waals surface area contributed by atoms with E-state index < -0.39 is 17.6 Å². The molecule has 0 saturated heterocycles. The number of amides is 1. The van der Waals surface area contributed by atoms with E-state index in [1.165, 1.54) is 4.90 Å². The molecule has 2 aliphatic rings. The zero-order valence-corrected chi connectivity index (χ0v) is 13.4. The number of fused-ring (bicyclic) bond motifs is 2. The van der Waals surface area contributed by atoms with Gasteiger partial charge in [0.15, 0.2) is 0 Å². The van der Waals surface area contributed by atoms with E-state index in [0.29, 0.717) is 18.9 Å². The SMILES string of the molecule is CCN(C(=O)OCc1ccccc1)C1(C(=O)O)CC2CCC1C2. The standard InChI is InChI=1S/C18H23NO4/c1-2-19(17(22)23-12-13-6-4-3-5-7-13)18(16(20)21)11-14-8-9-15(18)10-14/h3-7,14-15H,2,8-12H2,1H3,(H,20,21). The summed E-state index contributed by atoms with van der Waals surface area (Å²) >= 11 is 0. The number of carboxylic acids is 1. The second-order valence-corrected chi connectivity index (χ2v) is 6.59. The fourth-order valence-corrected chi connectivity index (χ4v) is 4.38. The third kappa shape index (κ3) is 2.69. The minimum Gasteiger partial charge on any atom is -0.479 e. The number of carbonyl (C=O) groups excluding carboxylic acids is 1. The molecule has 1 aromatic carbocycles. The Morgan fingerprint density at radius 3 is 2.57 bits per heavy atom. The molecule has 5 nitrogen and oxygen atoms in total. The quantitative estimate of drug-likeness (QED) is 0.905. The number of ether oxygens (including phenoxy) is 1. The number of hydrogen-bond donors (Lipinski definition) is 1. The number of benzene rings is 1. The van der Waals surface area contributed by atoms with Gasteiger partial charge < -0.3 is 9.84 Å². The number of hydrogen-bond acceptors (Lipinski definition) is 3. The lowest BCUT2D eigenvalue weighted by Gasteiger charge is -2.42. The monoisotopic (exact) mass is 317 g/mol. The average Bonchev–Trinajstić information content (AvgIpc) is 3.16. The van der Waals surface area contributed by atoms with Crippen LogP contribution in [0.4, 0.5) is 4.79 Å². The van der Waals surface area contributed by atoms with E-state index in [0.717, 1.165) is 24.8 Å². The molecule has 2 fully saturated rings. The summed E-state index contributed by atoms with van der Waals surface area (Å²) in [7, 11) is 0. The lowest BCUT2D eigenvalue weighted by atomic mass is 9.79. The third-order valence-corrected chi connectivity index (χ3v) is 5.41. The molecule has 5 heteroatoms. The van der Waals surface area contributed by atoms with E-state index in [9.17, 15) is 14.7 Å². The van der Waals surface area contributed by atoms with Crippen LogP contribution in [0.3, 0.4) is 0 Å². The van der Waals surface area contributed by atoms with Crippen molar-refractivity contribution in [1.29, 1.82) is 0 Å². The number of carboxylic acid groups (broad SMARTS) is 1. The van der Waals surface area contributed by atoms with E-state index in [-0.39, 0.29) is 12.5 Å². The summed E-state index contributed by atoms with van der Waals surface area (Å²) in [6.45, 7) is 2.34. The van der Waals surface area contributed by atoms with Crippen molar-refractivity contribution >= 4 is 12.1 Å². The van der Waals surface area contributed by atoms with E-state index in [1.807, 2.05) is 37.3 Å². The summed E-state index contributed by atoms with van der Waals surface area (Å²) < 4.78 is 5.40. The lowest BCUT2D eigenvalue weighted by Crippen LogP contribution is -2.60. The summed E-state index contributed by atoms with van der Waals surface area (Å²) in [5, 5.41) is 9.87. The molecule has 1 N–H and O–H groups in total. The molecule has 3 rings (SSSR count). The van der Waals surface area contributed by atoms with Gasteiger partial charge in [0.2, 0.25) is 0 Å². The van der Waals surface area contributed by atoms with Crippen LogP contribution in [0.15, 0.2) is 30.3 Å². The minimum absolute atomic E-state index is 0.0502. The number of nitrogens with zero attached hydrogens (tertiary/aromatic N) is 1. The molecule has 3 atom stereocenters. The van der Waals surface area contributed by atoms with Gasteiger partial charge in [-0.25, -0.2) is 9.59 Å². The molecule has 0 spiro atoms. The Bertz CT molecular complexity index is 588. The first-order chi connectivity index (χ1) is 11.1. The highest BCUT2D eigenvalue weighted by Gasteiger charge is 2.60. The summed E-state index contributed by atoms with van der Waals surface area (Å²) in [5.74, 6) is -0.412. The molecule has 1 aromatic rings. The summed E-state index contributed by atoms with van der Waals surface area (Å²) in [4.78, 5) is 26.1. The van der Waals surface area contributed by atoms with Crippen molar-refractivity contribution in [2.45, 2.75) is 44.8 Å². The molecule has 124 valence electrons. The van der Waals surface area contributed by atoms with E-state index in [2.05, 4.69) is 0 Å². The fourth-order valence-electron chi connectivity index (χ4n) is 4.38. The predicted octanol–water partition coefficient (Wildman–Crippen LogP) is 3.29. The van der Waals surface area contributed by atoms with Gasteiger partial charge in [-0.15, -0.1) is 0 Å². The number of likely N-dealkylation sites (N-methyl/N-ethyl adjacent to an activating group) is 1. The van der Waals surface area contributed by atoms with Gasteiger partial charge in [-0.3, -0.25) is 4.90 Å². The molecule has 1 amide bonds. The summed E-state index contributed by atoms with van der Waals surface area (Å²) in [6, 6.07) is 9.44. The molecule has 0 radical (unpaired) electrons. The Morgan fingerprint density at radius 1 is 1.30 bits per heavy atom. The fraction of sp³-hybridized carbons (Fsp3) is 0.556. The van der Waals surface area contributed by atoms with Crippen LogP contribution in [0.25, 0.3) is 0 Å². The maximum Gasteiger partial charge on any atom is 0.411 e. The number of rotatable bonds is 5. The van der Waals surface area contributed by atoms with Crippen molar-refractivity contribution in [3.63, 3.8) is 0 Å². The van der Waals surface area contributed by atoms with Crippen LogP contribution in [0.1, 0.15) is 38.2 Å². The first kappa shape index (κ1) is 15.8. The van der Waals surface area contributed by atoms with Crippen LogP contribution in [-0.4, -0.2) is 34.2 Å². The zero-order valence-electron chi connectivity index (χ0n) is 13.4.